The lowest BCUT2D eigenvalue weighted by atomic mass is 10.1. The van der Waals surface area contributed by atoms with Crippen molar-refractivity contribution in [2.24, 2.45) is 0 Å². The molecule has 2 N–H and O–H groups in total. The molecule has 2 aliphatic rings. The van der Waals surface area contributed by atoms with Crippen LogP contribution in [0.3, 0.4) is 0 Å². The number of nitrogens with zero attached hydrogens (tertiary/aromatic N) is 1. The molecule has 0 amide bonds. The normalized spacial score (nSPS) is 23.8. The zero-order chi connectivity index (χ0) is 14.3. The molecule has 1 fully saturated rings. The average Bonchev–Trinajstić information content (AvgIpc) is 3.05. The number of hydrogen-bond donors (Lipinski definition) is 2. The third kappa shape index (κ3) is 2.14. The van der Waals surface area contributed by atoms with Crippen LogP contribution in [-0.2, 0) is 4.79 Å². The summed E-state index contributed by atoms with van der Waals surface area (Å²) in [4.78, 5) is 21.6. The number of carboxylic acids is 1. The first-order valence-electron chi connectivity index (χ1n) is 5.74. The number of nitro benzene ring substituents is 1. The van der Waals surface area contributed by atoms with Crippen LogP contribution in [0.1, 0.15) is 10.9 Å². The lowest BCUT2D eigenvalue weighted by Crippen LogP contribution is -2.33. The van der Waals surface area contributed by atoms with Gasteiger partial charge < -0.3 is 14.6 Å². The third-order valence-electron chi connectivity index (χ3n) is 3.08. The number of benzene rings is 1. The molecule has 1 saturated heterocycles. The number of nitro groups is 1. The fraction of sp³-hybridized carbons (Fsp3) is 0.364. The molecule has 2 heterocycles. The molecule has 2 aliphatic heterocycles. The Balaban J connectivity index is 1.96. The van der Waals surface area contributed by atoms with Crippen LogP contribution in [0, 0.1) is 10.1 Å². The van der Waals surface area contributed by atoms with Gasteiger partial charge in [0.25, 0.3) is 5.69 Å². The van der Waals surface area contributed by atoms with Gasteiger partial charge in [0.2, 0.25) is 6.79 Å². The van der Waals surface area contributed by atoms with E-state index in [9.17, 15) is 14.9 Å². The minimum absolute atomic E-state index is 0.0267. The second-order valence-corrected chi connectivity index (χ2v) is 5.43. The van der Waals surface area contributed by atoms with Crippen LogP contribution in [0.2, 0.25) is 0 Å². The smallest absolute Gasteiger partial charge is 0.321 e. The van der Waals surface area contributed by atoms with E-state index in [0.717, 1.165) is 0 Å². The van der Waals surface area contributed by atoms with Gasteiger partial charge >= 0.3 is 5.97 Å². The number of fused-ring (bicyclic) bond motifs is 1. The first-order valence-corrected chi connectivity index (χ1v) is 6.79. The number of hydrogen-bond acceptors (Lipinski definition) is 7. The minimum Gasteiger partial charge on any atom is -0.480 e. The highest BCUT2D eigenvalue weighted by atomic mass is 32.2. The molecular weight excluding hydrogens is 288 g/mol. The van der Waals surface area contributed by atoms with Gasteiger partial charge in [-0.2, -0.15) is 0 Å². The summed E-state index contributed by atoms with van der Waals surface area (Å²) in [5, 5.41) is 22.5. The molecule has 1 aromatic carbocycles. The van der Waals surface area contributed by atoms with Crippen LogP contribution in [0.4, 0.5) is 5.69 Å². The summed E-state index contributed by atoms with van der Waals surface area (Å²) < 4.78 is 10.3. The van der Waals surface area contributed by atoms with Crippen LogP contribution in [0.15, 0.2) is 12.1 Å². The van der Waals surface area contributed by atoms with Crippen LogP contribution in [0.25, 0.3) is 0 Å². The number of thioether (sulfide) groups is 1. The van der Waals surface area contributed by atoms with Gasteiger partial charge in [-0.25, -0.2) is 0 Å². The van der Waals surface area contributed by atoms with Gasteiger partial charge in [-0.05, 0) is 6.07 Å². The third-order valence-corrected chi connectivity index (χ3v) is 4.33. The summed E-state index contributed by atoms with van der Waals surface area (Å²) in [6.45, 7) is 0.0267. The van der Waals surface area contributed by atoms with Gasteiger partial charge in [0.15, 0.2) is 11.5 Å². The van der Waals surface area contributed by atoms with Crippen molar-refractivity contribution in [3.63, 3.8) is 0 Å². The molecule has 106 valence electrons. The predicted molar refractivity (Wildman–Crippen MR) is 69.0 cm³/mol. The maximum absolute atomic E-state index is 11.1. The quantitative estimate of drug-likeness (QED) is 0.630. The molecule has 0 aliphatic carbocycles. The van der Waals surface area contributed by atoms with Crippen molar-refractivity contribution in [1.82, 2.24) is 5.32 Å². The molecule has 2 atom stereocenters. The Kier molecular flexibility index (Phi) is 3.14. The molecule has 0 aromatic heterocycles. The Morgan fingerprint density at radius 1 is 1.45 bits per heavy atom. The molecule has 2 unspecified atom stereocenters. The van der Waals surface area contributed by atoms with Gasteiger partial charge in [0.1, 0.15) is 6.04 Å². The Hall–Kier alpha value is -2.00. The van der Waals surface area contributed by atoms with Crippen molar-refractivity contribution >= 4 is 23.4 Å². The summed E-state index contributed by atoms with van der Waals surface area (Å²) in [5.74, 6) is 0.152. The number of nitrogens with one attached hydrogen (secondary N) is 1. The van der Waals surface area contributed by atoms with Crippen molar-refractivity contribution in [2.75, 3.05) is 12.5 Å². The summed E-state index contributed by atoms with van der Waals surface area (Å²) in [6.07, 6.45) is 0. The monoisotopic (exact) mass is 298 g/mol. The van der Waals surface area contributed by atoms with Gasteiger partial charge in [0, 0.05) is 5.75 Å². The van der Waals surface area contributed by atoms with E-state index in [4.69, 9.17) is 14.6 Å². The molecule has 0 radical (unpaired) electrons. The van der Waals surface area contributed by atoms with Gasteiger partial charge in [-0.3, -0.25) is 20.2 Å². The molecule has 8 nitrogen and oxygen atoms in total. The fourth-order valence-electron chi connectivity index (χ4n) is 2.11. The Morgan fingerprint density at radius 2 is 2.15 bits per heavy atom. The number of carbonyl (C=O) groups is 1. The van der Waals surface area contributed by atoms with Crippen molar-refractivity contribution in [2.45, 2.75) is 11.4 Å². The SMILES string of the molecule is O=C(O)C1CSC(c2cc3c(cc2[N+](=O)[O-])OCO3)N1. The number of rotatable bonds is 3. The molecular formula is C11H10N2O6S. The van der Waals surface area contributed by atoms with E-state index in [1.807, 2.05) is 0 Å². The summed E-state index contributed by atoms with van der Waals surface area (Å²) in [7, 11) is 0. The topological polar surface area (TPSA) is 111 Å². The number of carboxylic acid groups (broad SMARTS) is 1. The lowest BCUT2D eigenvalue weighted by Gasteiger charge is -2.12. The van der Waals surface area contributed by atoms with Crippen molar-refractivity contribution in [3.8, 4) is 11.5 Å². The van der Waals surface area contributed by atoms with Crippen LogP contribution in [-0.4, -0.2) is 34.6 Å². The predicted octanol–water partition coefficient (Wildman–Crippen LogP) is 1.11. The zero-order valence-corrected chi connectivity index (χ0v) is 10.9. The van der Waals surface area contributed by atoms with Crippen molar-refractivity contribution in [1.29, 1.82) is 0 Å². The Morgan fingerprint density at radius 3 is 2.75 bits per heavy atom. The molecule has 0 spiro atoms. The second kappa shape index (κ2) is 4.84. The van der Waals surface area contributed by atoms with Gasteiger partial charge in [-0.1, -0.05) is 0 Å². The molecule has 0 saturated carbocycles. The van der Waals surface area contributed by atoms with Gasteiger partial charge in [0.05, 0.1) is 21.9 Å². The van der Waals surface area contributed by atoms with Crippen LogP contribution in [0.5, 0.6) is 11.5 Å². The summed E-state index contributed by atoms with van der Waals surface area (Å²) in [5.41, 5.74) is 0.290. The molecule has 1 aromatic rings. The maximum atomic E-state index is 11.1. The lowest BCUT2D eigenvalue weighted by molar-refractivity contribution is -0.385. The van der Waals surface area contributed by atoms with Crippen LogP contribution < -0.4 is 14.8 Å². The van der Waals surface area contributed by atoms with E-state index in [2.05, 4.69) is 5.32 Å². The maximum Gasteiger partial charge on any atom is 0.321 e. The molecule has 3 rings (SSSR count). The van der Waals surface area contributed by atoms with E-state index < -0.39 is 22.3 Å². The standard InChI is InChI=1S/C11H10N2O6S/c14-11(15)6-3-20-10(12-6)5-1-8-9(19-4-18-8)2-7(5)13(16)17/h1-2,6,10,12H,3-4H2,(H,14,15). The highest BCUT2D eigenvalue weighted by Crippen LogP contribution is 2.44. The van der Waals surface area contributed by atoms with E-state index in [1.165, 1.54) is 23.9 Å². The van der Waals surface area contributed by atoms with Crippen molar-refractivity contribution < 1.29 is 24.3 Å². The highest BCUT2D eigenvalue weighted by Gasteiger charge is 2.35. The highest BCUT2D eigenvalue weighted by molar-refractivity contribution is 7.99. The van der Waals surface area contributed by atoms with Crippen molar-refractivity contribution in [3.05, 3.63) is 27.8 Å². The van der Waals surface area contributed by atoms with E-state index >= 15 is 0 Å². The van der Waals surface area contributed by atoms with Crippen LogP contribution >= 0.6 is 11.8 Å². The average molecular weight is 298 g/mol. The van der Waals surface area contributed by atoms with E-state index in [-0.39, 0.29) is 12.5 Å². The zero-order valence-electron chi connectivity index (χ0n) is 10.1. The van der Waals surface area contributed by atoms with Gasteiger partial charge in [-0.15, -0.1) is 11.8 Å². The fourth-order valence-corrected chi connectivity index (χ4v) is 3.36. The Labute approximate surface area is 117 Å². The van der Waals surface area contributed by atoms with E-state index in [0.29, 0.717) is 22.8 Å². The summed E-state index contributed by atoms with van der Waals surface area (Å²) in [6, 6.07) is 2.14. The first kappa shape index (κ1) is 13.0. The molecule has 0 bridgehead atoms. The number of aliphatic carboxylic acids is 1. The first-order chi connectivity index (χ1) is 9.56. The summed E-state index contributed by atoms with van der Waals surface area (Å²) >= 11 is 1.32. The largest absolute Gasteiger partial charge is 0.480 e. The molecule has 9 heteroatoms. The Bertz CT molecular complexity index is 593. The minimum atomic E-state index is -0.969. The second-order valence-electron chi connectivity index (χ2n) is 4.29. The molecule has 20 heavy (non-hydrogen) atoms. The number of ether oxygens (including phenoxy) is 2. The van der Waals surface area contributed by atoms with E-state index in [1.54, 1.807) is 0 Å².